The normalized spacial score (nSPS) is 23.3. The zero-order valence-corrected chi connectivity index (χ0v) is 14.8. The highest BCUT2D eigenvalue weighted by atomic mass is 31.2. The van der Waals surface area contributed by atoms with Crippen molar-refractivity contribution in [3.05, 3.63) is 0 Å². The monoisotopic (exact) mass is 350 g/mol. The number of unbranched alkanes of at least 4 members (excludes halogenated alkanes) is 1. The Labute approximate surface area is 136 Å². The van der Waals surface area contributed by atoms with Gasteiger partial charge >= 0.3 is 13.6 Å². The van der Waals surface area contributed by atoms with Crippen LogP contribution in [0.5, 0.6) is 0 Å². The number of carboxylic acids is 1. The van der Waals surface area contributed by atoms with Crippen LogP contribution in [0.25, 0.3) is 0 Å². The van der Waals surface area contributed by atoms with Gasteiger partial charge in [0.05, 0.1) is 0 Å². The van der Waals surface area contributed by atoms with Crippen LogP contribution in [0.1, 0.15) is 46.0 Å². The summed E-state index contributed by atoms with van der Waals surface area (Å²) in [6, 6.07) is -0.857. The molecule has 0 bridgehead atoms. The lowest BCUT2D eigenvalue weighted by molar-refractivity contribution is -0.151. The van der Waals surface area contributed by atoms with Gasteiger partial charge in [-0.25, -0.2) is 4.79 Å². The molecule has 1 heterocycles. The highest BCUT2D eigenvalue weighted by Crippen LogP contribution is 2.53. The Bertz CT molecular complexity index is 472. The zero-order chi connectivity index (χ0) is 17.6. The average Bonchev–Trinajstić information content (AvgIpc) is 3.01. The molecule has 0 spiro atoms. The Kier molecular flexibility index (Phi) is 7.67. The van der Waals surface area contributed by atoms with Gasteiger partial charge in [-0.2, -0.15) is 0 Å². The molecular formula is C14H27N2O6P. The van der Waals surface area contributed by atoms with Gasteiger partial charge in [0.1, 0.15) is 17.9 Å². The van der Waals surface area contributed by atoms with Crippen molar-refractivity contribution in [2.45, 2.75) is 63.9 Å². The first kappa shape index (κ1) is 20.1. The van der Waals surface area contributed by atoms with Crippen LogP contribution < -0.4 is 5.73 Å². The van der Waals surface area contributed by atoms with E-state index >= 15 is 0 Å². The van der Waals surface area contributed by atoms with Crippen molar-refractivity contribution in [3.8, 4) is 0 Å². The molecule has 23 heavy (non-hydrogen) atoms. The number of amides is 1. The van der Waals surface area contributed by atoms with Crippen LogP contribution in [0.4, 0.5) is 0 Å². The summed E-state index contributed by atoms with van der Waals surface area (Å²) in [5.41, 5.74) is 5.89. The van der Waals surface area contributed by atoms with Gasteiger partial charge in [-0.15, -0.1) is 0 Å². The second-order valence-electron chi connectivity index (χ2n) is 5.71. The maximum Gasteiger partial charge on any atom is 0.347 e. The summed E-state index contributed by atoms with van der Waals surface area (Å²) in [4.78, 5) is 24.8. The Morgan fingerprint density at radius 1 is 1.48 bits per heavy atom. The molecule has 0 aromatic rings. The van der Waals surface area contributed by atoms with Crippen molar-refractivity contribution >= 4 is 19.5 Å². The summed E-state index contributed by atoms with van der Waals surface area (Å²) in [6.45, 7) is 3.78. The third kappa shape index (κ3) is 5.01. The molecule has 1 saturated heterocycles. The van der Waals surface area contributed by atoms with E-state index in [0.717, 1.165) is 12.8 Å². The summed E-state index contributed by atoms with van der Waals surface area (Å²) in [5.74, 6) is -2.36. The lowest BCUT2D eigenvalue weighted by Gasteiger charge is -2.29. The molecule has 1 aliphatic heterocycles. The van der Waals surface area contributed by atoms with Crippen molar-refractivity contribution in [2.24, 2.45) is 5.73 Å². The van der Waals surface area contributed by atoms with E-state index in [0.29, 0.717) is 25.8 Å². The highest BCUT2D eigenvalue weighted by Gasteiger charge is 2.40. The largest absolute Gasteiger partial charge is 0.480 e. The summed E-state index contributed by atoms with van der Waals surface area (Å²) in [7, 11) is -2.40. The van der Waals surface area contributed by atoms with E-state index in [1.165, 1.54) is 18.9 Å². The van der Waals surface area contributed by atoms with E-state index in [4.69, 9.17) is 19.9 Å². The van der Waals surface area contributed by atoms with Crippen LogP contribution in [0.15, 0.2) is 0 Å². The quantitative estimate of drug-likeness (QED) is 0.608. The van der Waals surface area contributed by atoms with Crippen LogP contribution in [-0.4, -0.2) is 53.5 Å². The van der Waals surface area contributed by atoms with E-state index in [2.05, 4.69) is 0 Å². The first-order chi connectivity index (χ1) is 10.8. The SMILES string of the molecule is CCCC[C@@H](N)P(=O)(OC)OC(C)C(=O)N1CCC[C@H]1C(=O)O. The Balaban J connectivity index is 2.75. The third-order valence-electron chi connectivity index (χ3n) is 3.99. The number of carbonyl (C=O) groups excluding carboxylic acids is 1. The molecule has 1 fully saturated rings. The van der Waals surface area contributed by atoms with Gasteiger partial charge in [-0.1, -0.05) is 19.8 Å². The summed E-state index contributed by atoms with van der Waals surface area (Å²) in [5, 5.41) is 9.14. The topological polar surface area (TPSA) is 119 Å². The Hall–Kier alpha value is -0.950. The van der Waals surface area contributed by atoms with Gasteiger partial charge < -0.3 is 20.3 Å². The first-order valence-corrected chi connectivity index (χ1v) is 9.50. The number of carbonyl (C=O) groups is 2. The van der Waals surface area contributed by atoms with E-state index in [1.807, 2.05) is 6.92 Å². The van der Waals surface area contributed by atoms with Crippen LogP contribution in [0, 0.1) is 0 Å². The molecule has 1 amide bonds. The van der Waals surface area contributed by atoms with Gasteiger partial charge in [-0.3, -0.25) is 13.9 Å². The van der Waals surface area contributed by atoms with Crippen molar-refractivity contribution in [1.29, 1.82) is 0 Å². The minimum atomic E-state index is -3.63. The van der Waals surface area contributed by atoms with Crippen LogP contribution in [0.2, 0.25) is 0 Å². The maximum absolute atomic E-state index is 12.7. The summed E-state index contributed by atoms with van der Waals surface area (Å²) < 4.78 is 23.0. The van der Waals surface area contributed by atoms with E-state index in [-0.39, 0.29) is 0 Å². The fraction of sp³-hybridized carbons (Fsp3) is 0.857. The molecule has 0 radical (unpaired) electrons. The number of hydrogen-bond donors (Lipinski definition) is 2. The predicted octanol–water partition coefficient (Wildman–Crippen LogP) is 1.78. The second kappa shape index (κ2) is 8.78. The number of hydrogen-bond acceptors (Lipinski definition) is 6. The van der Waals surface area contributed by atoms with Gasteiger partial charge in [-0.05, 0) is 26.2 Å². The maximum atomic E-state index is 12.7. The second-order valence-corrected chi connectivity index (χ2v) is 8.03. The molecular weight excluding hydrogens is 323 g/mol. The van der Waals surface area contributed by atoms with E-state index in [1.54, 1.807) is 0 Å². The third-order valence-corrected chi connectivity index (χ3v) is 6.18. The molecule has 0 aromatic heterocycles. The molecule has 9 heteroatoms. The van der Waals surface area contributed by atoms with E-state index < -0.39 is 37.4 Å². The lowest BCUT2D eigenvalue weighted by atomic mass is 10.2. The molecule has 1 aliphatic rings. The number of carboxylic acid groups (broad SMARTS) is 1. The van der Waals surface area contributed by atoms with Gasteiger partial charge in [0, 0.05) is 13.7 Å². The van der Waals surface area contributed by atoms with Crippen molar-refractivity contribution in [2.75, 3.05) is 13.7 Å². The average molecular weight is 350 g/mol. The van der Waals surface area contributed by atoms with Gasteiger partial charge in [0.25, 0.3) is 5.91 Å². The number of rotatable bonds is 9. The fourth-order valence-corrected chi connectivity index (χ4v) is 4.16. The highest BCUT2D eigenvalue weighted by molar-refractivity contribution is 7.54. The van der Waals surface area contributed by atoms with Crippen LogP contribution in [0.3, 0.4) is 0 Å². The van der Waals surface area contributed by atoms with Crippen LogP contribution >= 0.6 is 7.60 Å². The molecule has 134 valence electrons. The molecule has 8 nitrogen and oxygen atoms in total. The molecule has 0 aromatic carbocycles. The zero-order valence-electron chi connectivity index (χ0n) is 13.9. The van der Waals surface area contributed by atoms with Crippen molar-refractivity contribution in [3.63, 3.8) is 0 Å². The van der Waals surface area contributed by atoms with Crippen molar-refractivity contribution < 1.29 is 28.3 Å². The first-order valence-electron chi connectivity index (χ1n) is 7.89. The number of nitrogens with two attached hydrogens (primary N) is 1. The Morgan fingerprint density at radius 2 is 2.13 bits per heavy atom. The van der Waals surface area contributed by atoms with Crippen LogP contribution in [-0.2, 0) is 23.2 Å². The molecule has 0 saturated carbocycles. The van der Waals surface area contributed by atoms with Crippen molar-refractivity contribution in [1.82, 2.24) is 4.90 Å². The number of nitrogens with zero attached hydrogens (tertiary/aromatic N) is 1. The standard InChI is InChI=1S/C14H27N2O6P/c1-4-5-8-12(15)23(20,21-3)22-10(2)13(17)16-9-6-7-11(16)14(18)19/h10-12H,4-9,15H2,1-3H3,(H,18,19)/t10?,11-,12-,23?/m0/s1. The molecule has 0 aliphatic carbocycles. The molecule has 2 unspecified atom stereocenters. The molecule has 1 rings (SSSR count). The smallest absolute Gasteiger partial charge is 0.347 e. The number of likely N-dealkylation sites (tertiary alicyclic amines) is 1. The summed E-state index contributed by atoms with van der Waals surface area (Å²) in [6.07, 6.45) is 2.07. The van der Waals surface area contributed by atoms with Gasteiger partial charge in [0.2, 0.25) is 0 Å². The number of aliphatic carboxylic acids is 1. The Morgan fingerprint density at radius 3 is 2.65 bits per heavy atom. The lowest BCUT2D eigenvalue weighted by Crippen LogP contribution is -2.45. The molecule has 3 N–H and O–H groups in total. The predicted molar refractivity (Wildman–Crippen MR) is 85.0 cm³/mol. The van der Waals surface area contributed by atoms with E-state index in [9.17, 15) is 14.2 Å². The minimum Gasteiger partial charge on any atom is -0.480 e. The van der Waals surface area contributed by atoms with Gasteiger partial charge in [0.15, 0.2) is 0 Å². The summed E-state index contributed by atoms with van der Waals surface area (Å²) >= 11 is 0. The minimum absolute atomic E-state index is 0.350. The fourth-order valence-electron chi connectivity index (χ4n) is 2.61. The molecule has 4 atom stereocenters.